The number of imide groups is 1. The van der Waals surface area contributed by atoms with Gasteiger partial charge < -0.3 is 10.6 Å². The number of rotatable bonds is 4. The zero-order valence-corrected chi connectivity index (χ0v) is 16.4. The summed E-state index contributed by atoms with van der Waals surface area (Å²) in [5.74, 6) is -0.756. The van der Waals surface area contributed by atoms with Gasteiger partial charge in [-0.25, -0.2) is 0 Å². The first-order valence-electron chi connectivity index (χ1n) is 10.2. The highest BCUT2D eigenvalue weighted by Gasteiger charge is 2.39. The molecule has 7 heteroatoms. The number of nitrogens with two attached hydrogens (primary N) is 1. The predicted octanol–water partition coefficient (Wildman–Crippen LogP) is 1.15. The third-order valence-corrected chi connectivity index (χ3v) is 6.39. The van der Waals surface area contributed by atoms with Crippen LogP contribution in [0.25, 0.3) is 0 Å². The van der Waals surface area contributed by atoms with Crippen LogP contribution >= 0.6 is 0 Å². The molecule has 2 unspecified atom stereocenters. The maximum atomic E-state index is 12.9. The molecule has 1 aromatic rings. The molecule has 1 aromatic carbocycles. The molecule has 28 heavy (non-hydrogen) atoms. The lowest BCUT2D eigenvalue weighted by atomic mass is 9.87. The molecule has 3 amide bonds. The van der Waals surface area contributed by atoms with Gasteiger partial charge in [0.15, 0.2) is 0 Å². The van der Waals surface area contributed by atoms with Crippen LogP contribution in [0.3, 0.4) is 0 Å². The Labute approximate surface area is 165 Å². The van der Waals surface area contributed by atoms with E-state index in [0.717, 1.165) is 50.0 Å². The van der Waals surface area contributed by atoms with Crippen molar-refractivity contribution in [1.29, 1.82) is 0 Å². The Morgan fingerprint density at radius 1 is 1.29 bits per heavy atom. The van der Waals surface area contributed by atoms with Crippen molar-refractivity contribution in [3.8, 4) is 0 Å². The average molecular weight is 384 g/mol. The van der Waals surface area contributed by atoms with Gasteiger partial charge in [0, 0.05) is 37.2 Å². The number of hydrogen-bond donors (Lipinski definition) is 2. The molecule has 2 atom stereocenters. The van der Waals surface area contributed by atoms with E-state index in [4.69, 9.17) is 5.73 Å². The number of piperidine rings is 2. The summed E-state index contributed by atoms with van der Waals surface area (Å²) < 4.78 is 0. The minimum absolute atomic E-state index is 0.118. The van der Waals surface area contributed by atoms with Gasteiger partial charge in [0.25, 0.3) is 5.91 Å². The quantitative estimate of drug-likeness (QED) is 0.760. The van der Waals surface area contributed by atoms with E-state index < -0.39 is 6.04 Å². The largest absolute Gasteiger partial charge is 0.324 e. The molecule has 0 bridgehead atoms. The Balaban J connectivity index is 1.47. The number of likely N-dealkylation sites (tertiary alicyclic amines) is 1. The molecule has 3 N–H and O–H groups in total. The van der Waals surface area contributed by atoms with Gasteiger partial charge in [0.2, 0.25) is 11.8 Å². The van der Waals surface area contributed by atoms with E-state index in [0.29, 0.717) is 18.5 Å². The SMILES string of the molecule is CCC1(N)CCCN(Cc2ccc3c(c2)C(=O)N(C2CCC(=O)NC2=O)C3)C1. The van der Waals surface area contributed by atoms with Gasteiger partial charge in [-0.2, -0.15) is 0 Å². The molecule has 4 rings (SSSR count). The van der Waals surface area contributed by atoms with E-state index in [-0.39, 0.29) is 29.7 Å². The number of fused-ring (bicyclic) bond motifs is 1. The van der Waals surface area contributed by atoms with Crippen molar-refractivity contribution in [3.63, 3.8) is 0 Å². The average Bonchev–Trinajstić information content (AvgIpc) is 2.98. The zero-order valence-electron chi connectivity index (χ0n) is 16.4. The minimum atomic E-state index is -0.564. The van der Waals surface area contributed by atoms with E-state index in [1.165, 1.54) is 0 Å². The van der Waals surface area contributed by atoms with E-state index in [2.05, 4.69) is 23.2 Å². The van der Waals surface area contributed by atoms with Crippen LogP contribution in [0.15, 0.2) is 18.2 Å². The number of benzene rings is 1. The summed E-state index contributed by atoms with van der Waals surface area (Å²) in [7, 11) is 0. The third kappa shape index (κ3) is 3.56. The molecule has 0 saturated carbocycles. The smallest absolute Gasteiger partial charge is 0.255 e. The number of hydrogen-bond acceptors (Lipinski definition) is 5. The number of carbonyl (C=O) groups excluding carboxylic acids is 3. The van der Waals surface area contributed by atoms with Crippen LogP contribution in [0.2, 0.25) is 0 Å². The van der Waals surface area contributed by atoms with Gasteiger partial charge in [-0.3, -0.25) is 24.6 Å². The first-order chi connectivity index (χ1) is 13.4. The fourth-order valence-corrected chi connectivity index (χ4v) is 4.64. The highest BCUT2D eigenvalue weighted by atomic mass is 16.2. The molecular weight excluding hydrogens is 356 g/mol. The molecule has 2 saturated heterocycles. The maximum Gasteiger partial charge on any atom is 0.255 e. The molecule has 0 aromatic heterocycles. The van der Waals surface area contributed by atoms with Gasteiger partial charge >= 0.3 is 0 Å². The minimum Gasteiger partial charge on any atom is -0.324 e. The molecule has 3 heterocycles. The van der Waals surface area contributed by atoms with Crippen LogP contribution in [0.1, 0.15) is 60.5 Å². The lowest BCUT2D eigenvalue weighted by Gasteiger charge is -2.39. The summed E-state index contributed by atoms with van der Waals surface area (Å²) in [6, 6.07) is 5.46. The second-order valence-corrected chi connectivity index (χ2v) is 8.42. The Morgan fingerprint density at radius 3 is 2.86 bits per heavy atom. The van der Waals surface area contributed by atoms with Crippen LogP contribution in [0.5, 0.6) is 0 Å². The second-order valence-electron chi connectivity index (χ2n) is 8.42. The van der Waals surface area contributed by atoms with Crippen LogP contribution in [-0.4, -0.2) is 52.2 Å². The summed E-state index contributed by atoms with van der Waals surface area (Å²) in [5.41, 5.74) is 9.07. The van der Waals surface area contributed by atoms with E-state index in [9.17, 15) is 14.4 Å². The van der Waals surface area contributed by atoms with Gasteiger partial charge in [-0.15, -0.1) is 0 Å². The molecule has 0 aliphatic carbocycles. The molecule has 7 nitrogen and oxygen atoms in total. The molecule has 0 spiro atoms. The standard InChI is InChI=1S/C21H28N4O3/c1-2-21(22)8-3-9-24(13-21)11-14-4-5-15-12-25(20(28)16(15)10-14)17-6-7-18(26)23-19(17)27/h4-5,10,17H,2-3,6-9,11-13,22H2,1H3,(H,23,26,27). The number of nitrogens with zero attached hydrogens (tertiary/aromatic N) is 2. The molecule has 150 valence electrons. The summed E-state index contributed by atoms with van der Waals surface area (Å²) in [6.07, 6.45) is 3.78. The van der Waals surface area contributed by atoms with Crippen LogP contribution in [0, 0.1) is 0 Å². The second kappa shape index (κ2) is 7.29. The van der Waals surface area contributed by atoms with Gasteiger partial charge in [-0.1, -0.05) is 19.1 Å². The van der Waals surface area contributed by atoms with Crippen LogP contribution in [-0.2, 0) is 22.7 Å². The first kappa shape index (κ1) is 19.1. The number of carbonyl (C=O) groups is 3. The van der Waals surface area contributed by atoms with Crippen molar-refractivity contribution in [2.75, 3.05) is 13.1 Å². The van der Waals surface area contributed by atoms with Crippen LogP contribution in [0.4, 0.5) is 0 Å². The Kier molecular flexibility index (Phi) is 4.97. The van der Waals surface area contributed by atoms with Crippen LogP contribution < -0.4 is 11.1 Å². The fraction of sp³-hybridized carbons (Fsp3) is 0.571. The Hall–Kier alpha value is -2.25. The monoisotopic (exact) mass is 384 g/mol. The first-order valence-corrected chi connectivity index (χ1v) is 10.2. The molecular formula is C21H28N4O3. The van der Waals surface area contributed by atoms with Crippen molar-refractivity contribution in [2.24, 2.45) is 5.73 Å². The Morgan fingerprint density at radius 2 is 2.11 bits per heavy atom. The van der Waals surface area contributed by atoms with Crippen molar-refractivity contribution in [2.45, 2.75) is 63.7 Å². The van der Waals surface area contributed by atoms with Gasteiger partial charge in [0.05, 0.1) is 0 Å². The van der Waals surface area contributed by atoms with E-state index >= 15 is 0 Å². The van der Waals surface area contributed by atoms with Crippen molar-refractivity contribution in [3.05, 3.63) is 34.9 Å². The fourth-order valence-electron chi connectivity index (χ4n) is 4.64. The maximum absolute atomic E-state index is 12.9. The highest BCUT2D eigenvalue weighted by Crippen LogP contribution is 2.29. The van der Waals surface area contributed by atoms with E-state index in [1.807, 2.05) is 12.1 Å². The van der Waals surface area contributed by atoms with Gasteiger partial charge in [-0.05, 0) is 49.4 Å². The van der Waals surface area contributed by atoms with Crippen molar-refractivity contribution >= 4 is 17.7 Å². The zero-order chi connectivity index (χ0) is 19.9. The third-order valence-electron chi connectivity index (χ3n) is 6.39. The molecule has 3 aliphatic rings. The normalized spacial score (nSPS) is 28.4. The Bertz CT molecular complexity index is 824. The molecule has 2 fully saturated rings. The summed E-state index contributed by atoms with van der Waals surface area (Å²) >= 11 is 0. The predicted molar refractivity (Wildman–Crippen MR) is 104 cm³/mol. The lowest BCUT2D eigenvalue weighted by molar-refractivity contribution is -0.136. The number of amides is 3. The van der Waals surface area contributed by atoms with E-state index in [1.54, 1.807) is 4.90 Å². The topological polar surface area (TPSA) is 95.7 Å². The summed E-state index contributed by atoms with van der Waals surface area (Å²) in [6.45, 7) is 5.23. The molecule has 3 aliphatic heterocycles. The number of nitrogens with one attached hydrogen (secondary N) is 1. The molecule has 0 radical (unpaired) electrons. The van der Waals surface area contributed by atoms with Crippen molar-refractivity contribution in [1.82, 2.24) is 15.1 Å². The summed E-state index contributed by atoms with van der Waals surface area (Å²) in [4.78, 5) is 40.5. The highest BCUT2D eigenvalue weighted by molar-refractivity contribution is 6.05. The summed E-state index contributed by atoms with van der Waals surface area (Å²) in [5, 5.41) is 2.34. The lowest BCUT2D eigenvalue weighted by Crippen LogP contribution is -2.53. The van der Waals surface area contributed by atoms with Gasteiger partial charge in [0.1, 0.15) is 6.04 Å². The van der Waals surface area contributed by atoms with Crippen molar-refractivity contribution < 1.29 is 14.4 Å².